The maximum absolute atomic E-state index is 12.9. The Kier molecular flexibility index (Phi) is 4.53. The van der Waals surface area contributed by atoms with E-state index in [1.165, 1.54) is 12.1 Å². The maximum atomic E-state index is 12.9. The van der Waals surface area contributed by atoms with E-state index in [1.54, 1.807) is 12.1 Å². The minimum Gasteiger partial charge on any atom is -0.484 e. The zero-order valence-electron chi connectivity index (χ0n) is 11.0. The fourth-order valence-corrected chi connectivity index (χ4v) is 1.99. The molecular formula is C16H18FNO. The van der Waals surface area contributed by atoms with Crippen LogP contribution in [0.4, 0.5) is 4.39 Å². The molecule has 0 spiro atoms. The number of ether oxygens (including phenoxy) is 1. The highest BCUT2D eigenvalue weighted by molar-refractivity contribution is 5.34. The van der Waals surface area contributed by atoms with Gasteiger partial charge in [-0.25, -0.2) is 4.39 Å². The number of nitrogens with two attached hydrogens (primary N) is 1. The van der Waals surface area contributed by atoms with Crippen molar-refractivity contribution in [3.05, 3.63) is 65.5 Å². The number of hydrogen-bond acceptors (Lipinski definition) is 2. The minimum absolute atomic E-state index is 0.256. The lowest BCUT2D eigenvalue weighted by Crippen LogP contribution is -2.19. The topological polar surface area (TPSA) is 35.2 Å². The zero-order chi connectivity index (χ0) is 13.7. The summed E-state index contributed by atoms with van der Waals surface area (Å²) < 4.78 is 18.9. The van der Waals surface area contributed by atoms with Gasteiger partial charge in [-0.15, -0.1) is 0 Å². The Hall–Kier alpha value is -1.87. The lowest BCUT2D eigenvalue weighted by Gasteiger charge is -2.19. The van der Waals surface area contributed by atoms with Gasteiger partial charge >= 0.3 is 0 Å². The summed E-state index contributed by atoms with van der Waals surface area (Å²) in [5.74, 6) is 0.582. The summed E-state index contributed by atoms with van der Waals surface area (Å²) >= 11 is 0. The molecule has 0 heterocycles. The van der Waals surface area contributed by atoms with Gasteiger partial charge < -0.3 is 10.5 Å². The van der Waals surface area contributed by atoms with Crippen LogP contribution in [0.15, 0.2) is 48.5 Å². The number of rotatable bonds is 5. The highest BCUT2D eigenvalue weighted by Crippen LogP contribution is 2.25. The van der Waals surface area contributed by atoms with Crippen molar-refractivity contribution in [1.82, 2.24) is 0 Å². The Morgan fingerprint density at radius 1 is 1.11 bits per heavy atom. The van der Waals surface area contributed by atoms with Crippen LogP contribution in [0.5, 0.6) is 5.75 Å². The molecule has 2 N–H and O–H groups in total. The molecular weight excluding hydrogens is 241 g/mol. The van der Waals surface area contributed by atoms with Crippen LogP contribution in [0.3, 0.4) is 0 Å². The Labute approximate surface area is 113 Å². The van der Waals surface area contributed by atoms with Crippen molar-refractivity contribution in [3.8, 4) is 5.75 Å². The second-order valence-electron chi connectivity index (χ2n) is 4.36. The molecule has 0 aliphatic carbocycles. The van der Waals surface area contributed by atoms with Crippen LogP contribution >= 0.6 is 0 Å². The number of benzene rings is 2. The summed E-state index contributed by atoms with van der Waals surface area (Å²) in [7, 11) is 0. The fraction of sp³-hybridized carbons (Fsp3) is 0.250. The first-order chi connectivity index (χ1) is 9.24. The van der Waals surface area contributed by atoms with Gasteiger partial charge in [0.05, 0.1) is 0 Å². The zero-order valence-corrected chi connectivity index (χ0v) is 11.0. The van der Waals surface area contributed by atoms with Crippen molar-refractivity contribution >= 4 is 0 Å². The monoisotopic (exact) mass is 259 g/mol. The van der Waals surface area contributed by atoms with E-state index in [2.05, 4.69) is 6.92 Å². The number of halogens is 1. The van der Waals surface area contributed by atoms with Gasteiger partial charge in [0.25, 0.3) is 0 Å². The van der Waals surface area contributed by atoms with Crippen LogP contribution in [-0.2, 0) is 6.42 Å². The van der Waals surface area contributed by atoms with E-state index in [4.69, 9.17) is 10.5 Å². The molecule has 19 heavy (non-hydrogen) atoms. The molecule has 0 bridgehead atoms. The molecule has 0 saturated carbocycles. The first-order valence-electron chi connectivity index (χ1n) is 6.44. The fourth-order valence-electron chi connectivity index (χ4n) is 1.99. The van der Waals surface area contributed by atoms with Crippen molar-refractivity contribution in [2.75, 3.05) is 6.54 Å². The van der Waals surface area contributed by atoms with Crippen molar-refractivity contribution in [1.29, 1.82) is 0 Å². The van der Waals surface area contributed by atoms with E-state index in [9.17, 15) is 4.39 Å². The minimum atomic E-state index is -0.256. The summed E-state index contributed by atoms with van der Waals surface area (Å²) in [5.41, 5.74) is 7.79. The largest absolute Gasteiger partial charge is 0.484 e. The number of hydrogen-bond donors (Lipinski definition) is 1. The van der Waals surface area contributed by atoms with Gasteiger partial charge in [-0.1, -0.05) is 37.3 Å². The third kappa shape index (κ3) is 3.32. The molecule has 3 heteroatoms. The maximum Gasteiger partial charge on any atom is 0.136 e. The van der Waals surface area contributed by atoms with Gasteiger partial charge in [0.1, 0.15) is 17.7 Å². The predicted molar refractivity (Wildman–Crippen MR) is 74.6 cm³/mol. The van der Waals surface area contributed by atoms with Crippen LogP contribution < -0.4 is 10.5 Å². The summed E-state index contributed by atoms with van der Waals surface area (Å²) in [6.07, 6.45) is 0.643. The molecule has 0 aliphatic rings. The smallest absolute Gasteiger partial charge is 0.136 e. The van der Waals surface area contributed by atoms with Gasteiger partial charge in [0.15, 0.2) is 0 Å². The van der Waals surface area contributed by atoms with E-state index >= 15 is 0 Å². The molecule has 1 unspecified atom stereocenters. The van der Waals surface area contributed by atoms with Gasteiger partial charge in [-0.3, -0.25) is 0 Å². The lowest BCUT2D eigenvalue weighted by atomic mass is 10.1. The number of para-hydroxylation sites is 1. The van der Waals surface area contributed by atoms with Crippen LogP contribution in [0.1, 0.15) is 24.2 Å². The molecule has 2 rings (SSSR count). The third-order valence-corrected chi connectivity index (χ3v) is 3.08. The molecule has 2 nitrogen and oxygen atoms in total. The van der Waals surface area contributed by atoms with Gasteiger partial charge in [-0.2, -0.15) is 0 Å². The summed E-state index contributed by atoms with van der Waals surface area (Å²) in [5, 5.41) is 0. The molecule has 1 atom stereocenters. The van der Waals surface area contributed by atoms with Crippen molar-refractivity contribution in [3.63, 3.8) is 0 Å². The van der Waals surface area contributed by atoms with Crippen LogP contribution in [0.2, 0.25) is 0 Å². The van der Waals surface area contributed by atoms with E-state index < -0.39 is 0 Å². The van der Waals surface area contributed by atoms with E-state index in [1.807, 2.05) is 24.3 Å². The quantitative estimate of drug-likeness (QED) is 0.892. The molecule has 2 aromatic carbocycles. The summed E-state index contributed by atoms with van der Waals surface area (Å²) in [6.45, 7) is 2.43. The van der Waals surface area contributed by atoms with E-state index in [0.29, 0.717) is 6.54 Å². The number of aryl methyl sites for hydroxylation is 1. The molecule has 100 valence electrons. The van der Waals surface area contributed by atoms with Crippen LogP contribution in [0, 0.1) is 5.82 Å². The second-order valence-corrected chi connectivity index (χ2v) is 4.36. The van der Waals surface area contributed by atoms with Gasteiger partial charge in [-0.05, 0) is 35.7 Å². The van der Waals surface area contributed by atoms with Gasteiger partial charge in [0.2, 0.25) is 0 Å². The summed E-state index contributed by atoms with van der Waals surface area (Å²) in [4.78, 5) is 0. The van der Waals surface area contributed by atoms with Crippen molar-refractivity contribution < 1.29 is 9.13 Å². The lowest BCUT2D eigenvalue weighted by molar-refractivity contribution is 0.212. The summed E-state index contributed by atoms with van der Waals surface area (Å²) in [6, 6.07) is 14.2. The molecule has 0 saturated heterocycles. The predicted octanol–water partition coefficient (Wildman–Crippen LogP) is 3.47. The Balaban J connectivity index is 2.21. The highest BCUT2D eigenvalue weighted by Gasteiger charge is 2.13. The van der Waals surface area contributed by atoms with Crippen molar-refractivity contribution in [2.24, 2.45) is 5.73 Å². The third-order valence-electron chi connectivity index (χ3n) is 3.08. The Bertz CT molecular complexity index is 525. The van der Waals surface area contributed by atoms with Crippen LogP contribution in [-0.4, -0.2) is 6.54 Å². The molecule has 0 aliphatic heterocycles. The molecule has 0 aromatic heterocycles. The average molecular weight is 259 g/mol. The van der Waals surface area contributed by atoms with Gasteiger partial charge in [0, 0.05) is 6.54 Å². The van der Waals surface area contributed by atoms with E-state index in [0.717, 1.165) is 23.3 Å². The Morgan fingerprint density at radius 2 is 1.79 bits per heavy atom. The highest BCUT2D eigenvalue weighted by atomic mass is 19.1. The molecule has 2 aromatic rings. The average Bonchev–Trinajstić information content (AvgIpc) is 2.46. The molecule has 0 radical (unpaired) electrons. The van der Waals surface area contributed by atoms with Crippen LogP contribution in [0.25, 0.3) is 0 Å². The first kappa shape index (κ1) is 13.6. The first-order valence-corrected chi connectivity index (χ1v) is 6.44. The molecule has 0 amide bonds. The van der Waals surface area contributed by atoms with Crippen molar-refractivity contribution in [2.45, 2.75) is 19.4 Å². The Morgan fingerprint density at radius 3 is 2.42 bits per heavy atom. The SMILES string of the molecule is CCc1ccccc1OC(CN)c1ccc(F)cc1. The standard InChI is InChI=1S/C16H18FNO/c1-2-12-5-3-4-6-15(12)19-16(11-18)13-7-9-14(17)10-8-13/h3-10,16H,2,11,18H2,1H3. The normalized spacial score (nSPS) is 12.2. The second kappa shape index (κ2) is 6.34. The molecule has 0 fully saturated rings. The van der Waals surface area contributed by atoms with E-state index in [-0.39, 0.29) is 11.9 Å².